The Morgan fingerprint density at radius 1 is 1.14 bits per heavy atom. The molecule has 0 atom stereocenters. The van der Waals surface area contributed by atoms with E-state index in [2.05, 4.69) is 5.32 Å². The van der Waals surface area contributed by atoms with E-state index in [1.165, 1.54) is 18.2 Å². The van der Waals surface area contributed by atoms with E-state index < -0.39 is 10.0 Å². The van der Waals surface area contributed by atoms with Crippen molar-refractivity contribution in [3.05, 3.63) is 64.4 Å². The summed E-state index contributed by atoms with van der Waals surface area (Å²) in [5, 5.41) is 8.45. The largest absolute Gasteiger partial charge is 0.309 e. The number of halogens is 2. The fraction of sp³-hybridized carbons (Fsp3) is 0.143. The van der Waals surface area contributed by atoms with Gasteiger partial charge in [0, 0.05) is 23.7 Å². The van der Waals surface area contributed by atoms with Crippen LogP contribution in [-0.4, -0.2) is 8.42 Å². The third kappa shape index (κ3) is 4.50. The summed E-state index contributed by atoms with van der Waals surface area (Å²) in [6.07, 6.45) is 0. The first kappa shape index (κ1) is 15.9. The maximum absolute atomic E-state index is 13.6. The lowest BCUT2D eigenvalue weighted by Crippen LogP contribution is -2.15. The molecule has 112 valence electrons. The number of nitrogens with one attached hydrogen (secondary N) is 1. The van der Waals surface area contributed by atoms with Crippen molar-refractivity contribution in [1.82, 2.24) is 5.32 Å². The van der Waals surface area contributed by atoms with Gasteiger partial charge in [-0.05, 0) is 29.8 Å². The lowest BCUT2D eigenvalue weighted by Gasteiger charge is -2.07. The SMILES string of the molecule is NS(=O)(=O)c1cccc(CNCc2ccc(Cl)cc2F)c1. The molecule has 3 N–H and O–H groups in total. The molecule has 21 heavy (non-hydrogen) atoms. The zero-order valence-electron chi connectivity index (χ0n) is 11.0. The van der Waals surface area contributed by atoms with Gasteiger partial charge in [-0.2, -0.15) is 0 Å². The van der Waals surface area contributed by atoms with Crippen LogP contribution < -0.4 is 10.5 Å². The van der Waals surface area contributed by atoms with E-state index in [1.807, 2.05) is 0 Å². The summed E-state index contributed by atoms with van der Waals surface area (Å²) < 4.78 is 36.1. The molecule has 0 unspecified atom stereocenters. The Morgan fingerprint density at radius 2 is 1.90 bits per heavy atom. The van der Waals surface area contributed by atoms with Crippen LogP contribution in [0.4, 0.5) is 4.39 Å². The standard InChI is InChI=1S/C14H14ClFN2O2S/c15-12-5-4-11(14(16)7-12)9-18-8-10-2-1-3-13(6-10)21(17,19)20/h1-7,18H,8-9H2,(H2,17,19,20). The Hall–Kier alpha value is -1.47. The van der Waals surface area contributed by atoms with Crippen LogP contribution in [0.15, 0.2) is 47.4 Å². The van der Waals surface area contributed by atoms with Gasteiger partial charge in [-0.3, -0.25) is 0 Å². The van der Waals surface area contributed by atoms with Crippen molar-refractivity contribution >= 4 is 21.6 Å². The van der Waals surface area contributed by atoms with Crippen molar-refractivity contribution in [3.63, 3.8) is 0 Å². The van der Waals surface area contributed by atoms with Crippen molar-refractivity contribution in [2.45, 2.75) is 18.0 Å². The highest BCUT2D eigenvalue weighted by molar-refractivity contribution is 7.89. The Balaban J connectivity index is 2.01. The molecule has 0 saturated heterocycles. The van der Waals surface area contributed by atoms with Gasteiger partial charge in [-0.25, -0.2) is 17.9 Å². The molecule has 0 heterocycles. The number of sulfonamides is 1. The van der Waals surface area contributed by atoms with Gasteiger partial charge in [0.25, 0.3) is 0 Å². The predicted molar refractivity (Wildman–Crippen MR) is 79.8 cm³/mol. The van der Waals surface area contributed by atoms with Crippen LogP contribution in [0.3, 0.4) is 0 Å². The van der Waals surface area contributed by atoms with E-state index >= 15 is 0 Å². The second-order valence-corrected chi connectivity index (χ2v) is 6.53. The fourth-order valence-electron chi connectivity index (χ4n) is 1.84. The first-order valence-corrected chi connectivity index (χ1v) is 8.05. The zero-order valence-corrected chi connectivity index (χ0v) is 12.6. The topological polar surface area (TPSA) is 72.2 Å². The molecule has 7 heteroatoms. The van der Waals surface area contributed by atoms with Crippen LogP contribution in [0.2, 0.25) is 5.02 Å². The molecule has 0 fully saturated rings. The van der Waals surface area contributed by atoms with Gasteiger partial charge in [-0.15, -0.1) is 0 Å². The van der Waals surface area contributed by atoms with Crippen LogP contribution in [0.1, 0.15) is 11.1 Å². The minimum absolute atomic E-state index is 0.0551. The van der Waals surface area contributed by atoms with Crippen molar-refractivity contribution < 1.29 is 12.8 Å². The maximum atomic E-state index is 13.6. The van der Waals surface area contributed by atoms with Gasteiger partial charge in [0.1, 0.15) is 5.82 Å². The van der Waals surface area contributed by atoms with E-state index in [-0.39, 0.29) is 10.7 Å². The molecule has 0 aliphatic rings. The molecule has 0 aromatic heterocycles. The van der Waals surface area contributed by atoms with Gasteiger partial charge < -0.3 is 5.32 Å². The minimum Gasteiger partial charge on any atom is -0.309 e. The molecule has 2 aromatic carbocycles. The van der Waals surface area contributed by atoms with Gasteiger partial charge in [0.2, 0.25) is 10.0 Å². The number of rotatable bonds is 5. The maximum Gasteiger partial charge on any atom is 0.238 e. The second kappa shape index (κ2) is 6.53. The molecule has 0 aliphatic heterocycles. The Labute approximate surface area is 127 Å². The number of hydrogen-bond donors (Lipinski definition) is 2. The summed E-state index contributed by atoms with van der Waals surface area (Å²) >= 11 is 5.68. The lowest BCUT2D eigenvalue weighted by molar-refractivity contribution is 0.587. The van der Waals surface area contributed by atoms with Gasteiger partial charge in [-0.1, -0.05) is 29.8 Å². The highest BCUT2D eigenvalue weighted by atomic mass is 35.5. The summed E-state index contributed by atoms with van der Waals surface area (Å²) in [7, 11) is -3.72. The first-order valence-electron chi connectivity index (χ1n) is 6.12. The Bertz CT molecular complexity index is 750. The summed E-state index contributed by atoms with van der Waals surface area (Å²) in [5.41, 5.74) is 1.23. The monoisotopic (exact) mass is 328 g/mol. The Morgan fingerprint density at radius 3 is 2.57 bits per heavy atom. The number of primary sulfonamides is 1. The molecule has 0 aliphatic carbocycles. The molecule has 0 bridgehead atoms. The summed E-state index contributed by atoms with van der Waals surface area (Å²) in [4.78, 5) is 0.0551. The predicted octanol–water partition coefficient (Wildman–Crippen LogP) is 2.42. The average Bonchev–Trinajstić information content (AvgIpc) is 2.41. The van der Waals surface area contributed by atoms with Crippen molar-refractivity contribution in [1.29, 1.82) is 0 Å². The molecule has 2 aromatic rings. The molecule has 0 radical (unpaired) electrons. The highest BCUT2D eigenvalue weighted by Crippen LogP contribution is 2.15. The molecule has 0 saturated carbocycles. The number of hydrogen-bond acceptors (Lipinski definition) is 3. The van der Waals surface area contributed by atoms with E-state index in [4.69, 9.17) is 16.7 Å². The van der Waals surface area contributed by atoms with Crippen LogP contribution >= 0.6 is 11.6 Å². The smallest absolute Gasteiger partial charge is 0.238 e. The molecule has 4 nitrogen and oxygen atoms in total. The number of benzene rings is 2. The number of nitrogens with two attached hydrogens (primary N) is 1. The molecule has 0 spiro atoms. The average molecular weight is 329 g/mol. The molecule has 0 amide bonds. The normalized spacial score (nSPS) is 11.6. The second-order valence-electron chi connectivity index (χ2n) is 4.53. The van der Waals surface area contributed by atoms with Crippen LogP contribution in [0.25, 0.3) is 0 Å². The van der Waals surface area contributed by atoms with Crippen LogP contribution in [0, 0.1) is 5.82 Å². The molecular formula is C14H14ClFN2O2S. The first-order chi connectivity index (χ1) is 9.86. The van der Waals surface area contributed by atoms with Gasteiger partial charge in [0.05, 0.1) is 4.90 Å². The van der Waals surface area contributed by atoms with E-state index in [0.29, 0.717) is 23.7 Å². The van der Waals surface area contributed by atoms with Crippen LogP contribution in [0.5, 0.6) is 0 Å². The third-order valence-electron chi connectivity index (χ3n) is 2.89. The zero-order chi connectivity index (χ0) is 15.5. The van der Waals surface area contributed by atoms with Gasteiger partial charge in [0.15, 0.2) is 0 Å². The molecular weight excluding hydrogens is 315 g/mol. The van der Waals surface area contributed by atoms with E-state index in [0.717, 1.165) is 5.56 Å². The van der Waals surface area contributed by atoms with Gasteiger partial charge >= 0.3 is 0 Å². The summed E-state index contributed by atoms with van der Waals surface area (Å²) in [5.74, 6) is -0.381. The Kier molecular flexibility index (Phi) is 4.95. The third-order valence-corrected chi connectivity index (χ3v) is 4.03. The van der Waals surface area contributed by atoms with Crippen molar-refractivity contribution in [3.8, 4) is 0 Å². The van der Waals surface area contributed by atoms with E-state index in [9.17, 15) is 12.8 Å². The lowest BCUT2D eigenvalue weighted by atomic mass is 10.2. The van der Waals surface area contributed by atoms with E-state index in [1.54, 1.807) is 24.3 Å². The minimum atomic E-state index is -3.72. The van der Waals surface area contributed by atoms with Crippen LogP contribution in [-0.2, 0) is 23.1 Å². The summed E-state index contributed by atoms with van der Waals surface area (Å²) in [6.45, 7) is 0.702. The quantitative estimate of drug-likeness (QED) is 0.885. The highest BCUT2D eigenvalue weighted by Gasteiger charge is 2.08. The molecule has 2 rings (SSSR count). The fourth-order valence-corrected chi connectivity index (χ4v) is 2.58. The van der Waals surface area contributed by atoms with Crippen molar-refractivity contribution in [2.75, 3.05) is 0 Å². The van der Waals surface area contributed by atoms with Crippen molar-refractivity contribution in [2.24, 2.45) is 5.14 Å². The summed E-state index contributed by atoms with van der Waals surface area (Å²) in [6, 6.07) is 10.8.